The number of aromatic amines is 1. The van der Waals surface area contributed by atoms with Crippen LogP contribution >= 0.6 is 11.6 Å². The van der Waals surface area contributed by atoms with Gasteiger partial charge in [-0.3, -0.25) is 4.99 Å². The highest BCUT2D eigenvalue weighted by Gasteiger charge is 2.33. The average molecular weight is 353 g/mol. The fourth-order valence-corrected chi connectivity index (χ4v) is 2.62. The molecule has 0 aliphatic rings. The van der Waals surface area contributed by atoms with E-state index in [4.69, 9.17) is 11.6 Å². The maximum absolute atomic E-state index is 12.9. The van der Waals surface area contributed by atoms with E-state index in [0.717, 1.165) is 28.6 Å². The molecular formula is C17H12ClF3N2O. The predicted octanol–water partition coefficient (Wildman–Crippen LogP) is 5.60. The number of hydrogen-bond donors (Lipinski definition) is 2. The predicted molar refractivity (Wildman–Crippen MR) is 88.4 cm³/mol. The number of H-pyrrole nitrogens is 1. The number of aromatic nitrogens is 1. The van der Waals surface area contributed by atoms with Crippen LogP contribution in [0.5, 0.6) is 5.88 Å². The molecule has 1 heterocycles. The van der Waals surface area contributed by atoms with Crippen LogP contribution in [0.15, 0.2) is 41.4 Å². The molecule has 0 atom stereocenters. The van der Waals surface area contributed by atoms with Crippen molar-refractivity contribution in [2.45, 2.75) is 13.1 Å². The molecule has 0 fully saturated rings. The number of rotatable bonds is 2. The number of alkyl halides is 3. The lowest BCUT2D eigenvalue weighted by molar-refractivity contribution is -0.137. The number of nitrogens with zero attached hydrogens (tertiary/aromatic N) is 1. The second-order valence-electron chi connectivity index (χ2n) is 5.36. The highest BCUT2D eigenvalue weighted by molar-refractivity contribution is 6.31. The largest absolute Gasteiger partial charge is 0.494 e. The number of fused-ring (bicyclic) bond motifs is 1. The lowest BCUT2D eigenvalue weighted by atomic mass is 10.1. The summed E-state index contributed by atoms with van der Waals surface area (Å²) < 4.78 is 38.6. The Kier molecular flexibility index (Phi) is 4.01. The van der Waals surface area contributed by atoms with Crippen LogP contribution in [-0.2, 0) is 6.18 Å². The van der Waals surface area contributed by atoms with E-state index in [1.54, 1.807) is 0 Å². The summed E-state index contributed by atoms with van der Waals surface area (Å²) in [6, 6.07) is 8.94. The van der Waals surface area contributed by atoms with Gasteiger partial charge >= 0.3 is 6.18 Å². The van der Waals surface area contributed by atoms with Gasteiger partial charge in [-0.05, 0) is 36.8 Å². The molecule has 0 spiro atoms. The Bertz CT molecular complexity index is 945. The Morgan fingerprint density at radius 3 is 2.62 bits per heavy atom. The molecule has 3 rings (SSSR count). The van der Waals surface area contributed by atoms with Crippen molar-refractivity contribution in [1.82, 2.24) is 4.98 Å². The quantitative estimate of drug-likeness (QED) is 0.579. The minimum absolute atomic E-state index is 0.0904. The van der Waals surface area contributed by atoms with Crippen LogP contribution in [0.3, 0.4) is 0 Å². The average Bonchev–Trinajstić information content (AvgIpc) is 2.79. The first-order chi connectivity index (χ1) is 11.3. The van der Waals surface area contributed by atoms with E-state index in [1.165, 1.54) is 12.3 Å². The molecule has 0 amide bonds. The Hall–Kier alpha value is -2.47. The summed E-state index contributed by atoms with van der Waals surface area (Å²) in [5, 5.41) is 10.3. The van der Waals surface area contributed by atoms with E-state index >= 15 is 0 Å². The highest BCUT2D eigenvalue weighted by Crippen LogP contribution is 2.37. The number of aromatic hydroxyl groups is 1. The summed E-state index contributed by atoms with van der Waals surface area (Å²) in [5.74, 6) is -0.0932. The zero-order valence-corrected chi connectivity index (χ0v) is 13.2. The minimum atomic E-state index is -4.55. The van der Waals surface area contributed by atoms with Crippen LogP contribution in [-0.4, -0.2) is 16.3 Å². The van der Waals surface area contributed by atoms with Crippen LogP contribution in [0, 0.1) is 6.92 Å². The van der Waals surface area contributed by atoms with E-state index in [1.807, 2.05) is 25.1 Å². The Labute approximate surface area is 140 Å². The van der Waals surface area contributed by atoms with E-state index in [0.29, 0.717) is 5.56 Å². The van der Waals surface area contributed by atoms with Gasteiger partial charge in [0, 0.05) is 17.1 Å². The molecule has 0 aliphatic carbocycles. The number of hydrogen-bond acceptors (Lipinski definition) is 2. The maximum atomic E-state index is 12.9. The van der Waals surface area contributed by atoms with Crippen molar-refractivity contribution in [3.8, 4) is 5.88 Å². The number of nitrogens with one attached hydrogen (secondary N) is 1. The molecule has 0 saturated carbocycles. The molecule has 0 radical (unpaired) electrons. The van der Waals surface area contributed by atoms with Gasteiger partial charge in [-0.25, -0.2) is 0 Å². The van der Waals surface area contributed by atoms with Crippen molar-refractivity contribution < 1.29 is 18.3 Å². The molecule has 7 heteroatoms. The summed E-state index contributed by atoms with van der Waals surface area (Å²) in [6.07, 6.45) is -3.23. The van der Waals surface area contributed by atoms with E-state index in [9.17, 15) is 18.3 Å². The monoisotopic (exact) mass is 352 g/mol. The third-order valence-corrected chi connectivity index (χ3v) is 3.90. The standard InChI is InChI=1S/C17H12ClF3N2O/c1-9-2-4-11-12(16(24)23-15(11)6-9)8-22-10-3-5-14(18)13(7-10)17(19,20)21/h2-8,23-24H,1H3. The third-order valence-electron chi connectivity index (χ3n) is 3.57. The normalized spacial score (nSPS) is 12.4. The van der Waals surface area contributed by atoms with Gasteiger partial charge in [0.1, 0.15) is 0 Å². The van der Waals surface area contributed by atoms with Crippen molar-refractivity contribution in [1.29, 1.82) is 0 Å². The maximum Gasteiger partial charge on any atom is 0.417 e. The molecule has 0 unspecified atom stereocenters. The highest BCUT2D eigenvalue weighted by atomic mass is 35.5. The topological polar surface area (TPSA) is 48.4 Å². The fourth-order valence-electron chi connectivity index (χ4n) is 2.40. The summed E-state index contributed by atoms with van der Waals surface area (Å²) in [6.45, 7) is 1.91. The van der Waals surface area contributed by atoms with E-state index < -0.39 is 11.7 Å². The SMILES string of the molecule is Cc1ccc2c(C=Nc3ccc(Cl)c(C(F)(F)F)c3)c(O)[nH]c2c1. The Morgan fingerprint density at radius 2 is 1.92 bits per heavy atom. The summed E-state index contributed by atoms with van der Waals surface area (Å²) in [4.78, 5) is 6.85. The molecular weight excluding hydrogens is 341 g/mol. The lowest BCUT2D eigenvalue weighted by Crippen LogP contribution is -2.05. The van der Waals surface area contributed by atoms with Crippen molar-refractivity contribution >= 4 is 34.4 Å². The number of halogens is 4. The molecule has 2 aromatic carbocycles. The second-order valence-corrected chi connectivity index (χ2v) is 5.76. The van der Waals surface area contributed by atoms with Crippen LogP contribution in [0.1, 0.15) is 16.7 Å². The van der Waals surface area contributed by atoms with Gasteiger partial charge in [0.05, 0.1) is 21.8 Å². The molecule has 124 valence electrons. The van der Waals surface area contributed by atoms with Crippen molar-refractivity contribution in [2.24, 2.45) is 4.99 Å². The summed E-state index contributed by atoms with van der Waals surface area (Å²) in [7, 11) is 0. The summed E-state index contributed by atoms with van der Waals surface area (Å²) in [5.41, 5.74) is 1.29. The number of aryl methyl sites for hydroxylation is 1. The van der Waals surface area contributed by atoms with Crippen molar-refractivity contribution in [2.75, 3.05) is 0 Å². The Balaban J connectivity index is 2.02. The molecule has 1 aromatic heterocycles. The van der Waals surface area contributed by atoms with Crippen molar-refractivity contribution in [3.05, 3.63) is 58.1 Å². The van der Waals surface area contributed by atoms with Gasteiger partial charge in [0.15, 0.2) is 5.88 Å². The first kappa shape index (κ1) is 16.4. The summed E-state index contributed by atoms with van der Waals surface area (Å²) >= 11 is 5.58. The second kappa shape index (κ2) is 5.87. The molecule has 3 aromatic rings. The third kappa shape index (κ3) is 3.10. The van der Waals surface area contributed by atoms with E-state index in [2.05, 4.69) is 9.98 Å². The zero-order valence-electron chi connectivity index (χ0n) is 12.4. The molecule has 0 saturated heterocycles. The number of benzene rings is 2. The Morgan fingerprint density at radius 1 is 1.17 bits per heavy atom. The molecule has 3 nitrogen and oxygen atoms in total. The van der Waals surface area contributed by atoms with Gasteiger partial charge in [-0.2, -0.15) is 13.2 Å². The fraction of sp³-hybridized carbons (Fsp3) is 0.118. The minimum Gasteiger partial charge on any atom is -0.494 e. The first-order valence-corrected chi connectivity index (χ1v) is 7.35. The van der Waals surface area contributed by atoms with Crippen LogP contribution in [0.4, 0.5) is 18.9 Å². The van der Waals surface area contributed by atoms with Gasteiger partial charge in [-0.15, -0.1) is 0 Å². The van der Waals surface area contributed by atoms with Gasteiger partial charge in [0.25, 0.3) is 0 Å². The first-order valence-electron chi connectivity index (χ1n) is 6.98. The smallest absolute Gasteiger partial charge is 0.417 e. The number of aliphatic imine (C=N–C) groups is 1. The van der Waals surface area contributed by atoms with Gasteiger partial charge in [-0.1, -0.05) is 23.7 Å². The van der Waals surface area contributed by atoms with Crippen molar-refractivity contribution in [3.63, 3.8) is 0 Å². The zero-order chi connectivity index (χ0) is 17.5. The molecule has 2 N–H and O–H groups in total. The van der Waals surface area contributed by atoms with Crippen LogP contribution in [0.2, 0.25) is 5.02 Å². The van der Waals surface area contributed by atoms with E-state index in [-0.39, 0.29) is 16.6 Å². The van der Waals surface area contributed by atoms with Crippen LogP contribution < -0.4 is 0 Å². The van der Waals surface area contributed by atoms with Gasteiger partial charge < -0.3 is 10.1 Å². The molecule has 0 bridgehead atoms. The van der Waals surface area contributed by atoms with Gasteiger partial charge in [0.2, 0.25) is 0 Å². The van der Waals surface area contributed by atoms with Crippen LogP contribution in [0.25, 0.3) is 10.9 Å². The molecule has 24 heavy (non-hydrogen) atoms. The molecule has 0 aliphatic heterocycles. The lowest BCUT2D eigenvalue weighted by Gasteiger charge is -2.09.